The average Bonchev–Trinajstić information content (AvgIpc) is 2.60. The molecule has 3 rings (SSSR count). The van der Waals surface area contributed by atoms with Crippen molar-refractivity contribution in [3.05, 3.63) is 63.9 Å². The van der Waals surface area contributed by atoms with Crippen molar-refractivity contribution in [3.63, 3.8) is 0 Å². The molecule has 0 saturated carbocycles. The van der Waals surface area contributed by atoms with Gasteiger partial charge in [-0.2, -0.15) is 0 Å². The molecule has 6 N–H and O–H groups in total. The van der Waals surface area contributed by atoms with E-state index in [2.05, 4.69) is 15.6 Å². The average molecular weight is 369 g/mol. The summed E-state index contributed by atoms with van der Waals surface area (Å²) in [7, 11) is 0. The standard InChI is InChI=1S/C17H15N5O3S/c18-14(23)11-5-6-12(26-16(11)22-17(19)25)21-15(24)13-10-4-2-1-3-9(10)7-8-20-13/h1-4,6-8H,5H2,(H2,18,23)(H,21,24)(H3,19,22,25). The smallest absolute Gasteiger partial charge is 0.317 e. The number of thioether (sulfide) groups is 1. The van der Waals surface area contributed by atoms with Gasteiger partial charge in [0.05, 0.1) is 15.6 Å². The molecule has 8 nitrogen and oxygen atoms in total. The second-order valence-corrected chi connectivity index (χ2v) is 6.42. The Bertz CT molecular complexity index is 978. The molecule has 0 atom stereocenters. The van der Waals surface area contributed by atoms with Crippen LogP contribution in [0.25, 0.3) is 10.8 Å². The summed E-state index contributed by atoms with van der Waals surface area (Å²) in [5, 5.41) is 7.35. The Morgan fingerprint density at radius 1 is 1.08 bits per heavy atom. The number of nitrogens with one attached hydrogen (secondary N) is 2. The first kappa shape index (κ1) is 17.5. The highest BCUT2D eigenvalue weighted by Crippen LogP contribution is 2.31. The molecule has 1 aromatic heterocycles. The number of pyridine rings is 1. The third-order valence-electron chi connectivity index (χ3n) is 3.64. The number of rotatable bonds is 4. The number of nitrogens with two attached hydrogens (primary N) is 2. The summed E-state index contributed by atoms with van der Waals surface area (Å²) in [5.41, 5.74) is 10.9. The van der Waals surface area contributed by atoms with Gasteiger partial charge in [-0.1, -0.05) is 36.0 Å². The number of amides is 4. The van der Waals surface area contributed by atoms with Crippen LogP contribution in [0.1, 0.15) is 16.9 Å². The minimum absolute atomic E-state index is 0.163. The SMILES string of the molecule is NC(=O)NC1=C(C(N)=O)CC=C(NC(=O)c2nccc3ccccc23)S1. The molecule has 0 saturated heterocycles. The van der Waals surface area contributed by atoms with Crippen molar-refractivity contribution >= 4 is 40.4 Å². The Hall–Kier alpha value is -3.33. The quantitative estimate of drug-likeness (QED) is 0.643. The number of hydrogen-bond acceptors (Lipinski definition) is 5. The number of allylic oxidation sites excluding steroid dienone is 1. The van der Waals surface area contributed by atoms with Crippen LogP contribution < -0.4 is 22.1 Å². The molecule has 0 radical (unpaired) electrons. The van der Waals surface area contributed by atoms with Gasteiger partial charge in [0, 0.05) is 18.0 Å². The highest BCUT2D eigenvalue weighted by Gasteiger charge is 2.22. The number of primary amides is 2. The lowest BCUT2D eigenvalue weighted by Crippen LogP contribution is -2.33. The second-order valence-electron chi connectivity index (χ2n) is 5.37. The van der Waals surface area contributed by atoms with Gasteiger partial charge in [0.25, 0.3) is 5.91 Å². The normalized spacial score (nSPS) is 13.9. The van der Waals surface area contributed by atoms with Crippen molar-refractivity contribution in [3.8, 4) is 0 Å². The molecule has 1 aliphatic rings. The minimum atomic E-state index is -0.824. The zero-order valence-electron chi connectivity index (χ0n) is 13.5. The Kier molecular flexibility index (Phi) is 4.90. The van der Waals surface area contributed by atoms with Crippen LogP contribution in [0.5, 0.6) is 0 Å². The number of aromatic nitrogens is 1. The summed E-state index contributed by atoms with van der Waals surface area (Å²) >= 11 is 0.993. The second kappa shape index (κ2) is 7.28. The fourth-order valence-electron chi connectivity index (χ4n) is 2.47. The van der Waals surface area contributed by atoms with Crippen LogP contribution >= 0.6 is 11.8 Å². The number of fused-ring (bicyclic) bond motifs is 1. The number of benzene rings is 1. The molecular weight excluding hydrogens is 354 g/mol. The van der Waals surface area contributed by atoms with Crippen molar-refractivity contribution in [2.75, 3.05) is 0 Å². The van der Waals surface area contributed by atoms with Gasteiger partial charge in [-0.05, 0) is 17.5 Å². The van der Waals surface area contributed by atoms with Gasteiger partial charge >= 0.3 is 6.03 Å². The lowest BCUT2D eigenvalue weighted by Gasteiger charge is -2.19. The topological polar surface area (TPSA) is 140 Å². The van der Waals surface area contributed by atoms with E-state index in [4.69, 9.17) is 11.5 Å². The number of carbonyl (C=O) groups excluding carboxylic acids is 3. The molecule has 0 aliphatic carbocycles. The summed E-state index contributed by atoms with van der Waals surface area (Å²) in [5.74, 6) is -1.07. The highest BCUT2D eigenvalue weighted by molar-refractivity contribution is 8.06. The Morgan fingerprint density at radius 3 is 2.58 bits per heavy atom. The molecule has 2 heterocycles. The van der Waals surface area contributed by atoms with Crippen LogP contribution in [0.3, 0.4) is 0 Å². The van der Waals surface area contributed by atoms with Crippen molar-refractivity contribution in [1.29, 1.82) is 0 Å². The van der Waals surface area contributed by atoms with E-state index in [1.54, 1.807) is 12.3 Å². The maximum Gasteiger partial charge on any atom is 0.317 e. The van der Waals surface area contributed by atoms with Gasteiger partial charge in [0.2, 0.25) is 5.91 Å². The lowest BCUT2D eigenvalue weighted by molar-refractivity contribution is -0.114. The van der Waals surface area contributed by atoms with Crippen molar-refractivity contribution in [2.24, 2.45) is 11.5 Å². The van der Waals surface area contributed by atoms with Crippen LogP contribution in [0.4, 0.5) is 4.79 Å². The molecule has 2 aromatic rings. The van der Waals surface area contributed by atoms with Crippen molar-refractivity contribution in [1.82, 2.24) is 15.6 Å². The molecule has 1 aromatic carbocycles. The van der Waals surface area contributed by atoms with Crippen LogP contribution in [0.2, 0.25) is 0 Å². The molecule has 26 heavy (non-hydrogen) atoms. The van der Waals surface area contributed by atoms with Gasteiger partial charge in [-0.25, -0.2) is 4.79 Å². The fraction of sp³-hybridized carbons (Fsp3) is 0.0588. The summed E-state index contributed by atoms with van der Waals surface area (Å²) < 4.78 is 0. The maximum absolute atomic E-state index is 12.6. The van der Waals surface area contributed by atoms with E-state index in [0.717, 1.165) is 22.5 Å². The van der Waals surface area contributed by atoms with Crippen LogP contribution in [0, 0.1) is 0 Å². The van der Waals surface area contributed by atoms with E-state index in [9.17, 15) is 14.4 Å². The first-order chi connectivity index (χ1) is 12.5. The largest absolute Gasteiger partial charge is 0.366 e. The third-order valence-corrected chi connectivity index (χ3v) is 4.68. The van der Waals surface area contributed by atoms with Gasteiger partial charge in [-0.3, -0.25) is 14.6 Å². The molecule has 0 bridgehead atoms. The van der Waals surface area contributed by atoms with E-state index in [0.29, 0.717) is 5.03 Å². The third kappa shape index (κ3) is 3.67. The van der Waals surface area contributed by atoms with E-state index < -0.39 is 17.8 Å². The molecule has 0 unspecified atom stereocenters. The molecule has 4 amide bonds. The first-order valence-electron chi connectivity index (χ1n) is 7.58. The Morgan fingerprint density at radius 2 is 1.85 bits per heavy atom. The number of hydrogen-bond donors (Lipinski definition) is 4. The molecular formula is C17H15N5O3S. The van der Waals surface area contributed by atoms with Crippen molar-refractivity contribution in [2.45, 2.75) is 6.42 Å². The summed E-state index contributed by atoms with van der Waals surface area (Å²) in [4.78, 5) is 39.4. The Balaban J connectivity index is 1.82. The van der Waals surface area contributed by atoms with E-state index in [1.807, 2.05) is 30.3 Å². The maximum atomic E-state index is 12.6. The predicted octanol–water partition coefficient (Wildman–Crippen LogP) is 1.31. The number of carbonyl (C=O) groups is 3. The van der Waals surface area contributed by atoms with Crippen LogP contribution in [-0.4, -0.2) is 22.8 Å². The van der Waals surface area contributed by atoms with E-state index in [-0.39, 0.29) is 22.7 Å². The lowest BCUT2D eigenvalue weighted by atomic mass is 10.1. The summed E-state index contributed by atoms with van der Waals surface area (Å²) in [6.07, 6.45) is 3.36. The van der Waals surface area contributed by atoms with Crippen LogP contribution in [-0.2, 0) is 4.79 Å². The number of nitrogens with zero attached hydrogens (tertiary/aromatic N) is 1. The highest BCUT2D eigenvalue weighted by atomic mass is 32.2. The van der Waals surface area contributed by atoms with Crippen LogP contribution in [0.15, 0.2) is 58.2 Å². The van der Waals surface area contributed by atoms with Gasteiger partial charge in [-0.15, -0.1) is 0 Å². The molecule has 9 heteroatoms. The fourth-order valence-corrected chi connectivity index (χ4v) is 3.46. The predicted molar refractivity (Wildman–Crippen MR) is 98.4 cm³/mol. The summed E-state index contributed by atoms with van der Waals surface area (Å²) in [6, 6.07) is 8.39. The summed E-state index contributed by atoms with van der Waals surface area (Å²) in [6.45, 7) is 0. The molecule has 0 fully saturated rings. The first-order valence-corrected chi connectivity index (χ1v) is 8.40. The monoisotopic (exact) mass is 369 g/mol. The Labute approximate surface area is 152 Å². The van der Waals surface area contributed by atoms with Gasteiger partial charge in [0.1, 0.15) is 5.69 Å². The van der Waals surface area contributed by atoms with Gasteiger partial charge < -0.3 is 22.1 Å². The van der Waals surface area contributed by atoms with Gasteiger partial charge in [0.15, 0.2) is 0 Å². The zero-order chi connectivity index (χ0) is 18.7. The van der Waals surface area contributed by atoms with Crippen molar-refractivity contribution < 1.29 is 14.4 Å². The molecule has 0 spiro atoms. The van der Waals surface area contributed by atoms with E-state index in [1.165, 1.54) is 0 Å². The zero-order valence-corrected chi connectivity index (χ0v) is 14.3. The minimum Gasteiger partial charge on any atom is -0.366 e. The molecule has 132 valence electrons. The number of urea groups is 1. The van der Waals surface area contributed by atoms with E-state index >= 15 is 0 Å². The molecule has 1 aliphatic heterocycles.